The molecule has 0 aromatic heterocycles. The molecule has 1 fully saturated rings. The lowest BCUT2D eigenvalue weighted by molar-refractivity contribution is -0.143. The molecule has 0 spiro atoms. The van der Waals surface area contributed by atoms with Crippen LogP contribution in [0.5, 0.6) is 11.5 Å². The molecule has 10 heteroatoms. The number of hydrogen-bond donors (Lipinski definition) is 1. The van der Waals surface area contributed by atoms with E-state index in [0.29, 0.717) is 54.4 Å². The second-order valence-electron chi connectivity index (χ2n) is 13.2. The molecule has 254 valence electrons. The second-order valence-corrected chi connectivity index (χ2v) is 13.2. The van der Waals surface area contributed by atoms with Gasteiger partial charge in [-0.3, -0.25) is 19.3 Å². The van der Waals surface area contributed by atoms with Gasteiger partial charge in [-0.2, -0.15) is 0 Å². The Balaban J connectivity index is 1.32. The molecule has 3 heterocycles. The van der Waals surface area contributed by atoms with Gasteiger partial charge in [0.15, 0.2) is 11.5 Å². The molecule has 3 unspecified atom stereocenters. The van der Waals surface area contributed by atoms with Gasteiger partial charge in [0.2, 0.25) is 12.7 Å². The maximum absolute atomic E-state index is 14.5. The Morgan fingerprint density at radius 1 is 1.02 bits per heavy atom. The van der Waals surface area contributed by atoms with Gasteiger partial charge < -0.3 is 24.4 Å². The number of fused-ring (bicyclic) bond motifs is 2. The number of aryl methyl sites for hydroxylation is 1. The molecule has 48 heavy (non-hydrogen) atoms. The molecule has 0 saturated carbocycles. The molecule has 0 radical (unpaired) electrons. The molecule has 0 bridgehead atoms. The highest BCUT2D eigenvalue weighted by atomic mass is 19.1. The SMILES string of the molecule is CCCC(CCC)N(C(=O)CN1CC(c2ccc3c(c2)OCO3)C(C(=O)O)C1CCN1Cc2ccccc2C1=O)c1ccc(F)c(C)c1. The summed E-state index contributed by atoms with van der Waals surface area (Å²) in [6, 6.07) is 17.2. The van der Waals surface area contributed by atoms with Crippen molar-refractivity contribution >= 4 is 23.5 Å². The first-order chi connectivity index (χ1) is 23.2. The summed E-state index contributed by atoms with van der Waals surface area (Å²) in [7, 11) is 0. The van der Waals surface area contributed by atoms with Gasteiger partial charge in [0.1, 0.15) is 5.82 Å². The van der Waals surface area contributed by atoms with Crippen molar-refractivity contribution in [3.63, 3.8) is 0 Å². The van der Waals surface area contributed by atoms with E-state index >= 15 is 0 Å². The topological polar surface area (TPSA) is 99.6 Å². The van der Waals surface area contributed by atoms with Gasteiger partial charge in [0.05, 0.1) is 12.5 Å². The Hall–Kier alpha value is -4.44. The van der Waals surface area contributed by atoms with Crippen LogP contribution in [0.25, 0.3) is 0 Å². The summed E-state index contributed by atoms with van der Waals surface area (Å²) >= 11 is 0. The van der Waals surface area contributed by atoms with E-state index in [1.54, 1.807) is 34.9 Å². The first-order valence-electron chi connectivity index (χ1n) is 17.0. The highest BCUT2D eigenvalue weighted by Gasteiger charge is 2.48. The predicted molar refractivity (Wildman–Crippen MR) is 180 cm³/mol. The fourth-order valence-corrected chi connectivity index (χ4v) is 7.77. The van der Waals surface area contributed by atoms with E-state index in [1.807, 2.05) is 41.3 Å². The number of carboxylic acids is 1. The van der Waals surface area contributed by atoms with Crippen LogP contribution in [0.2, 0.25) is 0 Å². The zero-order valence-corrected chi connectivity index (χ0v) is 27.9. The normalized spacial score (nSPS) is 20.1. The molecule has 0 aliphatic carbocycles. The molecular formula is C38H44FN3O6. The second kappa shape index (κ2) is 14.4. The van der Waals surface area contributed by atoms with E-state index in [2.05, 4.69) is 13.8 Å². The number of hydrogen-bond acceptors (Lipinski definition) is 6. The van der Waals surface area contributed by atoms with Crippen LogP contribution in [0, 0.1) is 18.7 Å². The summed E-state index contributed by atoms with van der Waals surface area (Å²) in [5.41, 5.74) is 3.53. The van der Waals surface area contributed by atoms with Gasteiger partial charge in [-0.25, -0.2) is 4.39 Å². The van der Waals surface area contributed by atoms with Crippen LogP contribution in [-0.4, -0.2) is 71.2 Å². The largest absolute Gasteiger partial charge is 0.481 e. The third-order valence-corrected chi connectivity index (χ3v) is 10.1. The van der Waals surface area contributed by atoms with E-state index in [0.717, 1.165) is 36.8 Å². The molecule has 3 aliphatic heterocycles. The van der Waals surface area contributed by atoms with E-state index in [9.17, 15) is 23.9 Å². The minimum Gasteiger partial charge on any atom is -0.481 e. The first kappa shape index (κ1) is 33.5. The molecule has 9 nitrogen and oxygen atoms in total. The molecule has 1 saturated heterocycles. The lowest BCUT2D eigenvalue weighted by Crippen LogP contribution is -2.48. The maximum Gasteiger partial charge on any atom is 0.308 e. The van der Waals surface area contributed by atoms with Crippen molar-refractivity contribution < 1.29 is 33.4 Å². The zero-order chi connectivity index (χ0) is 33.9. The number of likely N-dealkylation sites (tertiary alicyclic amines) is 1. The van der Waals surface area contributed by atoms with Gasteiger partial charge in [0.25, 0.3) is 5.91 Å². The third kappa shape index (κ3) is 6.63. The Kier molecular flexibility index (Phi) is 10.0. The van der Waals surface area contributed by atoms with E-state index in [1.165, 1.54) is 6.07 Å². The van der Waals surface area contributed by atoms with Crippen LogP contribution in [-0.2, 0) is 16.1 Å². The Labute approximate surface area is 281 Å². The van der Waals surface area contributed by atoms with Gasteiger partial charge in [-0.15, -0.1) is 0 Å². The van der Waals surface area contributed by atoms with Crippen molar-refractivity contribution in [2.45, 2.75) is 77.4 Å². The summed E-state index contributed by atoms with van der Waals surface area (Å²) in [6.07, 6.45) is 3.71. The van der Waals surface area contributed by atoms with Crippen molar-refractivity contribution in [1.82, 2.24) is 9.80 Å². The van der Waals surface area contributed by atoms with E-state index < -0.39 is 23.8 Å². The number of ether oxygens (including phenoxy) is 2. The standard InChI is InChI=1S/C38H44FN3O6/c1-4-8-27(9-5-2)42(28-13-14-31(39)24(3)18-28)35(43)22-41-21-30(25-12-15-33-34(19-25)48-23-47-33)36(38(45)46)32(41)16-17-40-20-26-10-6-7-11-29(26)37(40)44/h6-7,10-15,18-19,27,30,32,36H,4-5,8-9,16-17,20-23H2,1-3H3,(H,45,46). The van der Waals surface area contributed by atoms with Crippen LogP contribution in [0.4, 0.5) is 10.1 Å². The van der Waals surface area contributed by atoms with Gasteiger partial charge in [-0.1, -0.05) is 51.0 Å². The van der Waals surface area contributed by atoms with Crippen molar-refractivity contribution in [2.24, 2.45) is 5.92 Å². The number of aliphatic carboxylic acids is 1. The summed E-state index contributed by atoms with van der Waals surface area (Å²) < 4.78 is 25.5. The van der Waals surface area contributed by atoms with Crippen LogP contribution in [0.1, 0.15) is 78.9 Å². The van der Waals surface area contributed by atoms with Crippen LogP contribution in [0.3, 0.4) is 0 Å². The molecule has 3 aromatic carbocycles. The van der Waals surface area contributed by atoms with Crippen molar-refractivity contribution in [3.05, 3.63) is 88.7 Å². The summed E-state index contributed by atoms with van der Waals surface area (Å²) in [6.45, 7) is 7.13. The molecule has 2 amide bonds. The number of nitrogens with zero attached hydrogens (tertiary/aromatic N) is 3. The lowest BCUT2D eigenvalue weighted by atomic mass is 9.84. The van der Waals surface area contributed by atoms with Crippen LogP contribution >= 0.6 is 0 Å². The monoisotopic (exact) mass is 657 g/mol. The van der Waals surface area contributed by atoms with E-state index in [-0.39, 0.29) is 37.0 Å². The maximum atomic E-state index is 14.5. The number of carbonyl (C=O) groups excluding carboxylic acids is 2. The van der Waals surface area contributed by atoms with Crippen molar-refractivity contribution in [2.75, 3.05) is 31.3 Å². The number of anilines is 1. The lowest BCUT2D eigenvalue weighted by Gasteiger charge is -2.35. The number of rotatable bonds is 13. The van der Waals surface area contributed by atoms with Crippen LogP contribution < -0.4 is 14.4 Å². The molecule has 3 atom stereocenters. The zero-order valence-electron chi connectivity index (χ0n) is 27.9. The number of halogens is 1. The van der Waals surface area contributed by atoms with E-state index in [4.69, 9.17) is 9.47 Å². The number of benzene rings is 3. The Morgan fingerprint density at radius 2 is 1.77 bits per heavy atom. The molecule has 6 rings (SSSR count). The summed E-state index contributed by atoms with van der Waals surface area (Å²) in [5, 5.41) is 10.7. The molecule has 1 N–H and O–H groups in total. The summed E-state index contributed by atoms with van der Waals surface area (Å²) in [5.74, 6) is -1.57. The minimum atomic E-state index is -0.950. The number of carboxylic acid groups (broad SMARTS) is 1. The average molecular weight is 658 g/mol. The van der Waals surface area contributed by atoms with Crippen molar-refractivity contribution in [3.8, 4) is 11.5 Å². The minimum absolute atomic E-state index is 0.00990. The molecule has 3 aromatic rings. The predicted octanol–water partition coefficient (Wildman–Crippen LogP) is 6.38. The Bertz CT molecular complexity index is 1670. The Morgan fingerprint density at radius 3 is 2.48 bits per heavy atom. The van der Waals surface area contributed by atoms with Gasteiger partial charge >= 0.3 is 5.97 Å². The molecular weight excluding hydrogens is 613 g/mol. The quantitative estimate of drug-likeness (QED) is 0.228. The number of amides is 2. The summed E-state index contributed by atoms with van der Waals surface area (Å²) in [4.78, 5) is 46.4. The average Bonchev–Trinajstić information content (AvgIpc) is 3.77. The highest BCUT2D eigenvalue weighted by molar-refractivity contribution is 5.98. The number of carbonyl (C=O) groups is 3. The fraction of sp³-hybridized carbons (Fsp3) is 0.447. The fourth-order valence-electron chi connectivity index (χ4n) is 7.77. The smallest absolute Gasteiger partial charge is 0.308 e. The third-order valence-electron chi connectivity index (χ3n) is 10.1. The van der Waals surface area contributed by atoms with Crippen LogP contribution in [0.15, 0.2) is 60.7 Å². The van der Waals surface area contributed by atoms with Gasteiger partial charge in [-0.05, 0) is 79.3 Å². The first-order valence-corrected chi connectivity index (χ1v) is 17.0. The van der Waals surface area contributed by atoms with Gasteiger partial charge in [0, 0.05) is 48.9 Å². The highest BCUT2D eigenvalue weighted by Crippen LogP contribution is 2.43. The van der Waals surface area contributed by atoms with Crippen molar-refractivity contribution in [1.29, 1.82) is 0 Å². The molecule has 3 aliphatic rings.